The van der Waals surface area contributed by atoms with Gasteiger partial charge in [0.05, 0.1) is 19.2 Å². The molecule has 2 aromatic rings. The van der Waals surface area contributed by atoms with Crippen molar-refractivity contribution in [1.82, 2.24) is 0 Å². The third-order valence-electron chi connectivity index (χ3n) is 3.40. The Hall–Kier alpha value is -2.71. The van der Waals surface area contributed by atoms with E-state index in [0.29, 0.717) is 10.6 Å². The topological polar surface area (TPSA) is 98.8 Å². The Morgan fingerprint density at radius 1 is 1.07 bits per heavy atom. The zero-order valence-electron chi connectivity index (χ0n) is 14.3. The lowest BCUT2D eigenvalue weighted by Crippen LogP contribution is -2.21. The summed E-state index contributed by atoms with van der Waals surface area (Å²) in [6, 6.07) is 7.86. The average Bonchev–Trinajstić information content (AvgIpc) is 3.12. The van der Waals surface area contributed by atoms with Gasteiger partial charge in [-0.15, -0.1) is 11.3 Å². The second-order valence-corrected chi connectivity index (χ2v) is 6.65. The first-order valence-electron chi connectivity index (χ1n) is 7.80. The number of ketones is 1. The molecule has 1 aromatic heterocycles. The van der Waals surface area contributed by atoms with Crippen LogP contribution in [0.4, 0.5) is 5.69 Å². The Morgan fingerprint density at radius 2 is 1.78 bits per heavy atom. The number of methoxy groups -OCH3 is 1. The van der Waals surface area contributed by atoms with Crippen molar-refractivity contribution in [3.63, 3.8) is 0 Å². The number of carbonyl (C=O) groups is 4. The van der Waals surface area contributed by atoms with Gasteiger partial charge in [0.2, 0.25) is 0 Å². The van der Waals surface area contributed by atoms with Gasteiger partial charge in [0.15, 0.2) is 12.4 Å². The second-order valence-electron chi connectivity index (χ2n) is 5.29. The van der Waals surface area contributed by atoms with Crippen molar-refractivity contribution in [2.45, 2.75) is 12.8 Å². The van der Waals surface area contributed by atoms with E-state index in [1.165, 1.54) is 7.11 Å². The van der Waals surface area contributed by atoms with Gasteiger partial charge in [-0.1, -0.05) is 11.6 Å². The first-order chi connectivity index (χ1) is 12.9. The fourth-order valence-corrected chi connectivity index (χ4v) is 2.95. The molecule has 27 heavy (non-hydrogen) atoms. The van der Waals surface area contributed by atoms with E-state index in [9.17, 15) is 19.2 Å². The highest BCUT2D eigenvalue weighted by atomic mass is 35.5. The summed E-state index contributed by atoms with van der Waals surface area (Å²) >= 11 is 6.87. The molecule has 0 saturated carbocycles. The molecule has 0 aliphatic rings. The van der Waals surface area contributed by atoms with E-state index in [-0.39, 0.29) is 29.2 Å². The summed E-state index contributed by atoms with van der Waals surface area (Å²) in [5.41, 5.74) is 0.726. The summed E-state index contributed by atoms with van der Waals surface area (Å²) < 4.78 is 9.46. The quantitative estimate of drug-likeness (QED) is 0.530. The number of halogens is 1. The molecule has 0 aliphatic heterocycles. The molecule has 9 heteroatoms. The van der Waals surface area contributed by atoms with Gasteiger partial charge in [0.25, 0.3) is 5.91 Å². The fraction of sp³-hybridized carbons (Fsp3) is 0.222. The molecule has 0 aliphatic carbocycles. The number of carbonyl (C=O) groups excluding carboxylic acids is 4. The van der Waals surface area contributed by atoms with Gasteiger partial charge in [0.1, 0.15) is 4.88 Å². The van der Waals surface area contributed by atoms with Gasteiger partial charge >= 0.3 is 11.9 Å². The molecule has 2 rings (SSSR count). The Morgan fingerprint density at radius 3 is 2.44 bits per heavy atom. The van der Waals surface area contributed by atoms with Crippen molar-refractivity contribution in [1.29, 1.82) is 0 Å². The van der Waals surface area contributed by atoms with E-state index in [2.05, 4.69) is 10.1 Å². The second kappa shape index (κ2) is 9.84. The van der Waals surface area contributed by atoms with E-state index in [1.54, 1.807) is 35.7 Å². The Kier molecular flexibility index (Phi) is 7.51. The number of esters is 2. The van der Waals surface area contributed by atoms with Crippen LogP contribution in [0.15, 0.2) is 35.7 Å². The average molecular weight is 410 g/mol. The van der Waals surface area contributed by atoms with Crippen molar-refractivity contribution in [3.05, 3.63) is 51.2 Å². The number of anilines is 1. The molecule has 1 aromatic carbocycles. The van der Waals surface area contributed by atoms with Gasteiger partial charge in [0, 0.05) is 17.0 Å². The summed E-state index contributed by atoms with van der Waals surface area (Å²) in [6.07, 6.45) is -0.195. The van der Waals surface area contributed by atoms with E-state index >= 15 is 0 Å². The highest BCUT2D eigenvalue weighted by Gasteiger charge is 2.17. The molecular weight excluding hydrogens is 394 g/mol. The zero-order chi connectivity index (χ0) is 19.8. The summed E-state index contributed by atoms with van der Waals surface area (Å²) in [5.74, 6) is -2.08. The lowest BCUT2D eigenvalue weighted by molar-refractivity contribution is -0.147. The molecule has 1 N–H and O–H groups in total. The number of hydrogen-bond donors (Lipinski definition) is 1. The van der Waals surface area contributed by atoms with Crippen LogP contribution in [-0.4, -0.2) is 37.3 Å². The van der Waals surface area contributed by atoms with Crippen LogP contribution in [0.5, 0.6) is 0 Å². The van der Waals surface area contributed by atoms with Crippen molar-refractivity contribution in [2.75, 3.05) is 19.0 Å². The maximum Gasteiger partial charge on any atom is 0.350 e. The molecule has 0 unspecified atom stereocenters. The summed E-state index contributed by atoms with van der Waals surface area (Å²) in [6.45, 7) is -0.523. The number of amides is 1. The van der Waals surface area contributed by atoms with Crippen LogP contribution in [0.3, 0.4) is 0 Å². The van der Waals surface area contributed by atoms with Gasteiger partial charge < -0.3 is 14.8 Å². The SMILES string of the molecule is COC(=O)c1sccc1NC(=O)COC(=O)CCC(=O)c1ccc(Cl)cc1. The summed E-state index contributed by atoms with van der Waals surface area (Å²) in [4.78, 5) is 47.3. The number of ether oxygens (including phenoxy) is 2. The van der Waals surface area contributed by atoms with Gasteiger partial charge in [-0.05, 0) is 35.7 Å². The fourth-order valence-electron chi connectivity index (χ4n) is 2.06. The van der Waals surface area contributed by atoms with Crippen LogP contribution in [0, 0.1) is 0 Å². The molecule has 0 spiro atoms. The number of nitrogens with one attached hydrogen (secondary N) is 1. The first kappa shape index (κ1) is 20.6. The Bertz CT molecular complexity index is 846. The third-order valence-corrected chi connectivity index (χ3v) is 4.54. The number of benzene rings is 1. The van der Waals surface area contributed by atoms with Crippen molar-refractivity contribution in [2.24, 2.45) is 0 Å². The normalized spacial score (nSPS) is 10.1. The molecule has 1 amide bonds. The molecule has 0 bridgehead atoms. The Balaban J connectivity index is 1.76. The minimum atomic E-state index is -0.675. The molecule has 0 fully saturated rings. The van der Waals surface area contributed by atoms with E-state index in [1.807, 2.05) is 0 Å². The molecule has 1 heterocycles. The largest absolute Gasteiger partial charge is 0.465 e. The van der Waals surface area contributed by atoms with Crippen LogP contribution in [0.1, 0.15) is 32.9 Å². The van der Waals surface area contributed by atoms with E-state index in [4.69, 9.17) is 16.3 Å². The summed E-state index contributed by atoms with van der Waals surface area (Å²) in [7, 11) is 1.24. The highest BCUT2D eigenvalue weighted by molar-refractivity contribution is 7.12. The van der Waals surface area contributed by atoms with Crippen LogP contribution in [0.25, 0.3) is 0 Å². The van der Waals surface area contributed by atoms with Crippen LogP contribution >= 0.6 is 22.9 Å². The minimum absolute atomic E-state index is 0.0426. The molecule has 0 atom stereocenters. The number of thiophene rings is 1. The standard InChI is InChI=1S/C18H16ClNO6S/c1-25-18(24)17-13(8-9-27-17)20-15(22)10-26-16(23)7-6-14(21)11-2-4-12(19)5-3-11/h2-5,8-9H,6-7,10H2,1H3,(H,20,22). The first-order valence-corrected chi connectivity index (χ1v) is 9.06. The highest BCUT2D eigenvalue weighted by Crippen LogP contribution is 2.23. The number of hydrogen-bond acceptors (Lipinski definition) is 7. The maximum atomic E-state index is 12.0. The van der Waals surface area contributed by atoms with Crippen molar-refractivity contribution >= 4 is 52.3 Å². The lowest BCUT2D eigenvalue weighted by Gasteiger charge is -2.07. The van der Waals surface area contributed by atoms with Gasteiger partial charge in [-0.25, -0.2) is 4.79 Å². The summed E-state index contributed by atoms with van der Waals surface area (Å²) in [5, 5.41) is 4.60. The van der Waals surface area contributed by atoms with Crippen LogP contribution in [-0.2, 0) is 19.1 Å². The van der Waals surface area contributed by atoms with Crippen molar-refractivity contribution < 1.29 is 28.7 Å². The van der Waals surface area contributed by atoms with Crippen LogP contribution < -0.4 is 5.32 Å². The van der Waals surface area contributed by atoms with E-state index < -0.39 is 24.5 Å². The smallest absolute Gasteiger partial charge is 0.350 e. The number of Topliss-reactive ketones (excluding diaryl/α,β-unsaturated/α-hetero) is 1. The molecule has 0 saturated heterocycles. The molecule has 7 nitrogen and oxygen atoms in total. The van der Waals surface area contributed by atoms with E-state index in [0.717, 1.165) is 11.3 Å². The lowest BCUT2D eigenvalue weighted by atomic mass is 10.1. The molecular formula is C18H16ClNO6S. The van der Waals surface area contributed by atoms with Crippen molar-refractivity contribution in [3.8, 4) is 0 Å². The van der Waals surface area contributed by atoms with Gasteiger partial charge in [-0.3, -0.25) is 14.4 Å². The van der Waals surface area contributed by atoms with Gasteiger partial charge in [-0.2, -0.15) is 0 Å². The minimum Gasteiger partial charge on any atom is -0.465 e. The molecule has 142 valence electrons. The Labute approximate surface area is 164 Å². The predicted molar refractivity (Wildman–Crippen MR) is 100 cm³/mol. The monoisotopic (exact) mass is 409 g/mol. The molecule has 0 radical (unpaired) electrons. The third kappa shape index (κ3) is 6.19. The maximum absolute atomic E-state index is 12.0. The zero-order valence-corrected chi connectivity index (χ0v) is 15.9. The predicted octanol–water partition coefficient (Wildman–Crippen LogP) is 3.33. The number of rotatable bonds is 8. The van der Waals surface area contributed by atoms with Crippen LogP contribution in [0.2, 0.25) is 5.02 Å².